The Labute approximate surface area is 77.0 Å². The van der Waals surface area contributed by atoms with Crippen molar-refractivity contribution in [2.45, 2.75) is 32.6 Å². The molecule has 0 spiro atoms. The van der Waals surface area contributed by atoms with Crippen LogP contribution in [0.3, 0.4) is 0 Å². The third-order valence-corrected chi connectivity index (χ3v) is 1.27. The van der Waals surface area contributed by atoms with Gasteiger partial charge >= 0.3 is 12.1 Å². The first-order valence-electron chi connectivity index (χ1n) is 3.71. The molecule has 0 heterocycles. The SMILES string of the molecule is CC(C)C(=O)OC(C(F)F)C(F)(F)F. The molecule has 0 N–H and O–H groups in total. The topological polar surface area (TPSA) is 26.3 Å². The number of hydrogen-bond acceptors (Lipinski definition) is 2. The Kier molecular flexibility index (Phi) is 4.28. The van der Waals surface area contributed by atoms with Gasteiger partial charge in [-0.15, -0.1) is 0 Å². The smallest absolute Gasteiger partial charge is 0.431 e. The van der Waals surface area contributed by atoms with Crippen molar-refractivity contribution in [2.24, 2.45) is 5.92 Å². The molecule has 0 saturated carbocycles. The molecule has 0 aromatic carbocycles. The zero-order chi connectivity index (χ0) is 11.5. The number of carbonyl (C=O) groups excluding carboxylic acids is 1. The summed E-state index contributed by atoms with van der Waals surface area (Å²) in [4.78, 5) is 10.6. The number of ether oxygens (including phenoxy) is 1. The van der Waals surface area contributed by atoms with E-state index in [0.717, 1.165) is 0 Å². The van der Waals surface area contributed by atoms with Crippen LogP contribution in [0.5, 0.6) is 0 Å². The van der Waals surface area contributed by atoms with Gasteiger partial charge in [0.1, 0.15) is 0 Å². The summed E-state index contributed by atoms with van der Waals surface area (Å²) in [7, 11) is 0. The molecule has 1 atom stereocenters. The second-order valence-electron chi connectivity index (χ2n) is 2.89. The summed E-state index contributed by atoms with van der Waals surface area (Å²) in [6.07, 6.45) is -12.3. The van der Waals surface area contributed by atoms with Crippen molar-refractivity contribution in [1.29, 1.82) is 0 Å². The summed E-state index contributed by atoms with van der Waals surface area (Å²) in [6, 6.07) is 0. The third kappa shape index (κ3) is 3.89. The first kappa shape index (κ1) is 13.1. The van der Waals surface area contributed by atoms with Gasteiger partial charge in [0, 0.05) is 0 Å². The molecule has 2 nitrogen and oxygen atoms in total. The molecule has 0 rings (SSSR count). The Morgan fingerprint density at radius 1 is 1.21 bits per heavy atom. The van der Waals surface area contributed by atoms with E-state index in [0.29, 0.717) is 0 Å². The van der Waals surface area contributed by atoms with Gasteiger partial charge in [0.25, 0.3) is 12.5 Å². The molecule has 0 fully saturated rings. The van der Waals surface area contributed by atoms with E-state index in [1.54, 1.807) is 0 Å². The maximum atomic E-state index is 11.8. The Morgan fingerprint density at radius 3 is 1.86 bits per heavy atom. The van der Waals surface area contributed by atoms with Crippen LogP contribution in [-0.4, -0.2) is 24.7 Å². The minimum absolute atomic E-state index is 0.876. The summed E-state index contributed by atoms with van der Waals surface area (Å²) in [5, 5.41) is 0. The van der Waals surface area contributed by atoms with Crippen LogP contribution < -0.4 is 0 Å². The standard InChI is InChI=1S/C7H9F5O2/c1-3(2)6(13)14-4(5(8)9)7(10,11)12/h3-5H,1-2H3. The molecule has 7 heteroatoms. The maximum Gasteiger partial charge on any atom is 0.431 e. The molecule has 0 radical (unpaired) electrons. The summed E-state index contributed by atoms with van der Waals surface area (Å²) in [5.74, 6) is -2.17. The summed E-state index contributed by atoms with van der Waals surface area (Å²) in [5.41, 5.74) is 0. The molecule has 84 valence electrons. The molecule has 0 aromatic rings. The molecule has 0 aromatic heterocycles. The van der Waals surface area contributed by atoms with Gasteiger partial charge in [-0.05, 0) is 0 Å². The fourth-order valence-corrected chi connectivity index (χ4v) is 0.522. The average molecular weight is 220 g/mol. The van der Waals surface area contributed by atoms with Crippen LogP contribution in [0, 0.1) is 5.92 Å². The Bertz CT molecular complexity index is 199. The molecule has 0 amide bonds. The molecule has 0 saturated heterocycles. The Hall–Kier alpha value is -0.880. The van der Waals surface area contributed by atoms with E-state index in [1.807, 2.05) is 0 Å². The molecular weight excluding hydrogens is 211 g/mol. The zero-order valence-corrected chi connectivity index (χ0v) is 7.44. The maximum absolute atomic E-state index is 11.8. The monoisotopic (exact) mass is 220 g/mol. The normalized spacial score (nSPS) is 14.6. The van der Waals surface area contributed by atoms with E-state index in [1.165, 1.54) is 13.8 Å². The predicted octanol–water partition coefficient (Wildman–Crippen LogP) is 2.38. The van der Waals surface area contributed by atoms with E-state index in [2.05, 4.69) is 4.74 Å². The van der Waals surface area contributed by atoms with Gasteiger partial charge < -0.3 is 4.74 Å². The lowest BCUT2D eigenvalue weighted by molar-refractivity contribution is -0.250. The van der Waals surface area contributed by atoms with Crippen LogP contribution in [-0.2, 0) is 9.53 Å². The Balaban J connectivity index is 4.48. The number of esters is 1. The van der Waals surface area contributed by atoms with Crippen LogP contribution in [0.15, 0.2) is 0 Å². The molecule has 0 aliphatic rings. The molecule has 0 bridgehead atoms. The highest BCUT2D eigenvalue weighted by Gasteiger charge is 2.49. The molecular formula is C7H9F5O2. The minimum Gasteiger partial charge on any atom is -0.446 e. The van der Waals surface area contributed by atoms with Crippen LogP contribution >= 0.6 is 0 Å². The highest BCUT2D eigenvalue weighted by molar-refractivity contribution is 5.71. The van der Waals surface area contributed by atoms with Gasteiger partial charge in [0.2, 0.25) is 0 Å². The lowest BCUT2D eigenvalue weighted by Gasteiger charge is -2.20. The fourth-order valence-electron chi connectivity index (χ4n) is 0.522. The number of rotatable bonds is 3. The molecule has 0 aliphatic heterocycles. The van der Waals surface area contributed by atoms with E-state index in [9.17, 15) is 26.7 Å². The van der Waals surface area contributed by atoms with E-state index in [4.69, 9.17) is 0 Å². The lowest BCUT2D eigenvalue weighted by atomic mass is 10.2. The first-order chi connectivity index (χ1) is 6.16. The Morgan fingerprint density at radius 2 is 1.64 bits per heavy atom. The van der Waals surface area contributed by atoms with Gasteiger partial charge in [-0.25, -0.2) is 8.78 Å². The summed E-state index contributed by atoms with van der Waals surface area (Å²) < 4.78 is 62.8. The highest BCUT2D eigenvalue weighted by Crippen LogP contribution is 2.28. The van der Waals surface area contributed by atoms with E-state index >= 15 is 0 Å². The van der Waals surface area contributed by atoms with Crippen molar-refractivity contribution in [2.75, 3.05) is 0 Å². The van der Waals surface area contributed by atoms with E-state index < -0.39 is 30.6 Å². The minimum atomic E-state index is -5.24. The summed E-state index contributed by atoms with van der Waals surface area (Å²) in [6.45, 7) is 2.50. The van der Waals surface area contributed by atoms with Gasteiger partial charge in [0.15, 0.2) is 0 Å². The average Bonchev–Trinajstić information content (AvgIpc) is 1.96. The van der Waals surface area contributed by atoms with Crippen molar-refractivity contribution in [3.8, 4) is 0 Å². The van der Waals surface area contributed by atoms with Gasteiger partial charge in [-0.2, -0.15) is 13.2 Å². The van der Waals surface area contributed by atoms with Crippen LogP contribution in [0.1, 0.15) is 13.8 Å². The second-order valence-corrected chi connectivity index (χ2v) is 2.89. The molecule has 1 unspecified atom stereocenters. The largest absolute Gasteiger partial charge is 0.446 e. The van der Waals surface area contributed by atoms with Gasteiger partial charge in [0.05, 0.1) is 5.92 Å². The number of carbonyl (C=O) groups is 1. The number of hydrogen-bond donors (Lipinski definition) is 0. The van der Waals surface area contributed by atoms with Crippen molar-refractivity contribution in [3.63, 3.8) is 0 Å². The fraction of sp³-hybridized carbons (Fsp3) is 0.857. The van der Waals surface area contributed by atoms with Crippen molar-refractivity contribution in [3.05, 3.63) is 0 Å². The third-order valence-electron chi connectivity index (χ3n) is 1.27. The molecule has 14 heavy (non-hydrogen) atoms. The van der Waals surface area contributed by atoms with Crippen molar-refractivity contribution >= 4 is 5.97 Å². The van der Waals surface area contributed by atoms with Crippen molar-refractivity contribution in [1.82, 2.24) is 0 Å². The second kappa shape index (κ2) is 4.56. The van der Waals surface area contributed by atoms with Crippen LogP contribution in [0.2, 0.25) is 0 Å². The van der Waals surface area contributed by atoms with Crippen molar-refractivity contribution < 1.29 is 31.5 Å². The predicted molar refractivity (Wildman–Crippen MR) is 36.8 cm³/mol. The number of alkyl halides is 5. The molecule has 0 aliphatic carbocycles. The van der Waals surface area contributed by atoms with E-state index in [-0.39, 0.29) is 0 Å². The lowest BCUT2D eigenvalue weighted by Crippen LogP contribution is -2.40. The zero-order valence-electron chi connectivity index (χ0n) is 7.44. The van der Waals surface area contributed by atoms with Gasteiger partial charge in [-0.3, -0.25) is 4.79 Å². The first-order valence-corrected chi connectivity index (χ1v) is 3.71. The highest BCUT2D eigenvalue weighted by atomic mass is 19.4. The van der Waals surface area contributed by atoms with Crippen LogP contribution in [0.4, 0.5) is 22.0 Å². The quantitative estimate of drug-likeness (QED) is 0.539. The number of halogens is 5. The van der Waals surface area contributed by atoms with Gasteiger partial charge in [-0.1, -0.05) is 13.8 Å². The summed E-state index contributed by atoms with van der Waals surface area (Å²) >= 11 is 0. The van der Waals surface area contributed by atoms with Crippen LogP contribution in [0.25, 0.3) is 0 Å².